The van der Waals surface area contributed by atoms with Gasteiger partial charge in [0.1, 0.15) is 5.52 Å². The van der Waals surface area contributed by atoms with E-state index >= 15 is 0 Å². The molecule has 1 fully saturated rings. The van der Waals surface area contributed by atoms with Crippen molar-refractivity contribution < 1.29 is 0 Å². The first-order chi connectivity index (χ1) is 16.3. The van der Waals surface area contributed by atoms with Gasteiger partial charge in [-0.1, -0.05) is 24.3 Å². The predicted molar refractivity (Wildman–Crippen MR) is 130 cm³/mol. The molecule has 3 aliphatic rings. The van der Waals surface area contributed by atoms with Gasteiger partial charge in [-0.15, -0.1) is 0 Å². The fourth-order valence-electron chi connectivity index (χ4n) is 6.26. The molecule has 1 saturated heterocycles. The van der Waals surface area contributed by atoms with E-state index in [1.165, 1.54) is 31.4 Å². The topological polar surface area (TPSA) is 49.6 Å². The third-order valence-corrected chi connectivity index (χ3v) is 7.99. The van der Waals surface area contributed by atoms with Gasteiger partial charge in [0.2, 0.25) is 5.95 Å². The molecule has 0 bridgehead atoms. The minimum atomic E-state index is 0.432. The normalized spacial score (nSPS) is 19.2. The third-order valence-electron chi connectivity index (χ3n) is 7.99. The minimum absolute atomic E-state index is 0.432. The number of benzene rings is 1. The van der Waals surface area contributed by atoms with Crippen LogP contribution < -0.4 is 9.80 Å². The van der Waals surface area contributed by atoms with Gasteiger partial charge in [-0.25, -0.2) is 9.97 Å². The van der Waals surface area contributed by atoms with Crippen LogP contribution in [0.1, 0.15) is 36.1 Å². The van der Waals surface area contributed by atoms with Crippen molar-refractivity contribution in [2.75, 3.05) is 29.4 Å². The van der Waals surface area contributed by atoms with E-state index in [-0.39, 0.29) is 0 Å². The molecule has 0 N–H and O–H groups in total. The van der Waals surface area contributed by atoms with Crippen LogP contribution in [0.5, 0.6) is 0 Å². The highest BCUT2D eigenvalue weighted by molar-refractivity contribution is 5.73. The lowest BCUT2D eigenvalue weighted by Gasteiger charge is -2.40. The number of hydrogen-bond acceptors (Lipinski definition) is 5. The summed E-state index contributed by atoms with van der Waals surface area (Å²) in [6, 6.07) is 13.2. The highest BCUT2D eigenvalue weighted by Crippen LogP contribution is 2.45. The van der Waals surface area contributed by atoms with E-state index in [0.29, 0.717) is 5.41 Å². The number of rotatable bonds is 2. The molecule has 2 aliphatic heterocycles. The van der Waals surface area contributed by atoms with E-state index in [4.69, 9.17) is 9.97 Å². The molecule has 4 aromatic rings. The van der Waals surface area contributed by atoms with Crippen molar-refractivity contribution >= 4 is 23.0 Å². The number of imidazole rings is 1. The molecule has 0 amide bonds. The van der Waals surface area contributed by atoms with Crippen molar-refractivity contribution in [3.63, 3.8) is 0 Å². The molecule has 7 rings (SSSR count). The third kappa shape index (κ3) is 3.04. The zero-order valence-corrected chi connectivity index (χ0v) is 18.8. The summed E-state index contributed by atoms with van der Waals surface area (Å²) in [6.07, 6.45) is 14.9. The SMILES string of the molecule is c1ccc2c(c1)CC1(CCN(c3nccn4c(N5CCCc6ncccc65)ncc34)CC1)C2. The molecule has 1 aromatic carbocycles. The van der Waals surface area contributed by atoms with Gasteiger partial charge in [-0.2, -0.15) is 0 Å². The molecule has 166 valence electrons. The Hall–Kier alpha value is -3.41. The number of pyridine rings is 1. The predicted octanol–water partition coefficient (Wildman–Crippen LogP) is 4.59. The van der Waals surface area contributed by atoms with Gasteiger partial charge in [-0.05, 0) is 67.2 Å². The summed E-state index contributed by atoms with van der Waals surface area (Å²) in [6.45, 7) is 3.07. The lowest BCUT2D eigenvalue weighted by Crippen LogP contribution is -2.41. The van der Waals surface area contributed by atoms with E-state index in [1.54, 1.807) is 11.1 Å². The van der Waals surface area contributed by atoms with Crippen LogP contribution in [0.3, 0.4) is 0 Å². The van der Waals surface area contributed by atoms with Crippen molar-refractivity contribution in [1.82, 2.24) is 19.4 Å². The van der Waals surface area contributed by atoms with Crippen molar-refractivity contribution in [3.8, 4) is 0 Å². The highest BCUT2D eigenvalue weighted by atomic mass is 15.3. The molecular formula is C27H28N6. The number of aryl methyl sites for hydroxylation is 1. The second-order valence-corrected chi connectivity index (χ2v) is 9.90. The molecular weight excluding hydrogens is 408 g/mol. The van der Waals surface area contributed by atoms with Crippen LogP contribution in [0.2, 0.25) is 0 Å². The quantitative estimate of drug-likeness (QED) is 0.460. The Morgan fingerprint density at radius 3 is 2.45 bits per heavy atom. The molecule has 5 heterocycles. The first-order valence-corrected chi connectivity index (χ1v) is 12.1. The van der Waals surface area contributed by atoms with E-state index in [1.807, 2.05) is 30.9 Å². The summed E-state index contributed by atoms with van der Waals surface area (Å²) >= 11 is 0. The number of nitrogens with zero attached hydrogens (tertiary/aromatic N) is 6. The average molecular weight is 437 g/mol. The van der Waals surface area contributed by atoms with Crippen LogP contribution in [0, 0.1) is 5.41 Å². The van der Waals surface area contributed by atoms with Crippen LogP contribution in [0.15, 0.2) is 61.2 Å². The van der Waals surface area contributed by atoms with Gasteiger partial charge < -0.3 is 9.80 Å². The van der Waals surface area contributed by atoms with E-state index in [9.17, 15) is 0 Å². The zero-order chi connectivity index (χ0) is 21.8. The van der Waals surface area contributed by atoms with Gasteiger partial charge in [0.25, 0.3) is 0 Å². The van der Waals surface area contributed by atoms with Crippen LogP contribution in [-0.4, -0.2) is 39.0 Å². The molecule has 3 aromatic heterocycles. The van der Waals surface area contributed by atoms with Crippen LogP contribution >= 0.6 is 0 Å². The first kappa shape index (κ1) is 19.1. The molecule has 0 unspecified atom stereocenters. The van der Waals surface area contributed by atoms with Gasteiger partial charge in [0.05, 0.1) is 17.6 Å². The summed E-state index contributed by atoms with van der Waals surface area (Å²) in [4.78, 5) is 19.1. The van der Waals surface area contributed by atoms with Crippen LogP contribution in [-0.2, 0) is 19.3 Å². The lowest BCUT2D eigenvalue weighted by molar-refractivity contribution is 0.232. The molecule has 0 atom stereocenters. The lowest BCUT2D eigenvalue weighted by atomic mass is 9.76. The summed E-state index contributed by atoms with van der Waals surface area (Å²) in [5.41, 5.74) is 6.98. The molecule has 1 aliphatic carbocycles. The fourth-order valence-corrected chi connectivity index (χ4v) is 6.26. The second kappa shape index (κ2) is 7.30. The number of aromatic nitrogens is 4. The Balaban J connectivity index is 1.17. The maximum absolute atomic E-state index is 4.87. The fraction of sp³-hybridized carbons (Fsp3) is 0.370. The van der Waals surface area contributed by atoms with Gasteiger partial charge in [0.15, 0.2) is 5.82 Å². The molecule has 0 saturated carbocycles. The maximum atomic E-state index is 4.87. The molecule has 1 spiro atoms. The Bertz CT molecular complexity index is 1310. The summed E-state index contributed by atoms with van der Waals surface area (Å²) in [7, 11) is 0. The van der Waals surface area contributed by atoms with Crippen LogP contribution in [0.25, 0.3) is 5.52 Å². The molecule has 6 heteroatoms. The Morgan fingerprint density at radius 1 is 0.818 bits per heavy atom. The highest BCUT2D eigenvalue weighted by Gasteiger charge is 2.40. The monoisotopic (exact) mass is 436 g/mol. The van der Waals surface area contributed by atoms with Gasteiger partial charge in [0, 0.05) is 38.2 Å². The zero-order valence-electron chi connectivity index (χ0n) is 18.8. The first-order valence-electron chi connectivity index (χ1n) is 12.1. The van der Waals surface area contributed by atoms with E-state index in [0.717, 1.165) is 55.5 Å². The van der Waals surface area contributed by atoms with Crippen molar-refractivity contribution in [1.29, 1.82) is 0 Å². The summed E-state index contributed by atoms with van der Waals surface area (Å²) < 4.78 is 2.21. The summed E-state index contributed by atoms with van der Waals surface area (Å²) in [5.74, 6) is 2.02. The largest absolute Gasteiger partial charge is 0.355 e. The summed E-state index contributed by atoms with van der Waals surface area (Å²) in [5, 5.41) is 0. The average Bonchev–Trinajstić information content (AvgIpc) is 3.45. The van der Waals surface area contributed by atoms with Crippen LogP contribution in [0.4, 0.5) is 17.5 Å². The van der Waals surface area contributed by atoms with Gasteiger partial charge in [-0.3, -0.25) is 9.38 Å². The number of hydrogen-bond donors (Lipinski definition) is 0. The maximum Gasteiger partial charge on any atom is 0.214 e. The van der Waals surface area contributed by atoms with Crippen molar-refractivity contribution in [2.45, 2.75) is 38.5 Å². The number of piperidine rings is 1. The van der Waals surface area contributed by atoms with E-state index in [2.05, 4.69) is 49.5 Å². The minimum Gasteiger partial charge on any atom is -0.355 e. The number of anilines is 3. The standard InChI is InChI=1S/C27H28N6/c1-2-6-21-18-27(17-20(21)5-1)9-14-31(15-10-27)25-24-19-30-26(33(24)16-12-29-25)32-13-4-7-22-23(32)8-3-11-28-22/h1-3,5-6,8,11-12,16,19H,4,7,9-10,13-15,17-18H2. The Morgan fingerprint density at radius 2 is 1.64 bits per heavy atom. The smallest absolute Gasteiger partial charge is 0.214 e. The molecule has 0 radical (unpaired) electrons. The van der Waals surface area contributed by atoms with Crippen molar-refractivity contribution in [3.05, 3.63) is 78.0 Å². The Labute approximate surface area is 193 Å². The number of fused-ring (bicyclic) bond motifs is 3. The van der Waals surface area contributed by atoms with Gasteiger partial charge >= 0.3 is 0 Å². The molecule has 33 heavy (non-hydrogen) atoms. The Kier molecular flexibility index (Phi) is 4.23. The second-order valence-electron chi connectivity index (χ2n) is 9.90. The molecule has 6 nitrogen and oxygen atoms in total. The van der Waals surface area contributed by atoms with E-state index < -0.39 is 0 Å². The van der Waals surface area contributed by atoms with Crippen molar-refractivity contribution in [2.24, 2.45) is 5.41 Å².